The third-order valence-electron chi connectivity index (χ3n) is 5.12. The molecular formula is C23H25NO5. The van der Waals surface area contributed by atoms with Crippen LogP contribution in [0, 0.1) is 6.92 Å². The van der Waals surface area contributed by atoms with Gasteiger partial charge < -0.3 is 19.5 Å². The molecule has 1 amide bonds. The predicted octanol–water partition coefficient (Wildman–Crippen LogP) is 3.84. The zero-order chi connectivity index (χ0) is 21.1. The summed E-state index contributed by atoms with van der Waals surface area (Å²) < 4.78 is 10.4. The summed E-state index contributed by atoms with van der Waals surface area (Å²) in [5, 5.41) is 11.1. The fourth-order valence-electron chi connectivity index (χ4n) is 3.66. The van der Waals surface area contributed by atoms with E-state index in [1.165, 1.54) is 4.90 Å². The number of likely N-dealkylation sites (tertiary alicyclic amines) is 1. The standard InChI is InChI=1S/C23H25NO5/c1-5-12-24-20(15-6-8-16(28-3)9-7-15)19(22(26)23(24)27)21(25)18-11-10-17(29-4)13-14(18)2/h6-11,13,20,25H,5,12H2,1-4H3/b21-19-. The van der Waals surface area contributed by atoms with Gasteiger partial charge in [0.2, 0.25) is 0 Å². The van der Waals surface area contributed by atoms with Gasteiger partial charge in [-0.3, -0.25) is 9.59 Å². The van der Waals surface area contributed by atoms with Crippen LogP contribution < -0.4 is 9.47 Å². The van der Waals surface area contributed by atoms with Crippen LogP contribution in [0.5, 0.6) is 11.5 Å². The first-order valence-electron chi connectivity index (χ1n) is 9.50. The van der Waals surface area contributed by atoms with Crippen LogP contribution in [0.3, 0.4) is 0 Å². The van der Waals surface area contributed by atoms with Gasteiger partial charge in [0.1, 0.15) is 17.3 Å². The first-order valence-corrected chi connectivity index (χ1v) is 9.50. The minimum atomic E-state index is -0.674. The van der Waals surface area contributed by atoms with Gasteiger partial charge in [-0.25, -0.2) is 0 Å². The van der Waals surface area contributed by atoms with Crippen LogP contribution in [0.4, 0.5) is 0 Å². The van der Waals surface area contributed by atoms with Crippen LogP contribution in [0.15, 0.2) is 48.0 Å². The number of carbonyl (C=O) groups excluding carboxylic acids is 2. The van der Waals surface area contributed by atoms with Crippen molar-refractivity contribution < 1.29 is 24.2 Å². The quantitative estimate of drug-likeness (QED) is 0.457. The number of aryl methyl sites for hydroxylation is 1. The van der Waals surface area contributed by atoms with Crippen molar-refractivity contribution in [3.63, 3.8) is 0 Å². The number of hydrogen-bond acceptors (Lipinski definition) is 5. The topological polar surface area (TPSA) is 76.1 Å². The average Bonchev–Trinajstić information content (AvgIpc) is 2.98. The molecule has 0 bridgehead atoms. The van der Waals surface area contributed by atoms with Crippen molar-refractivity contribution in [1.29, 1.82) is 0 Å². The van der Waals surface area contributed by atoms with Crippen LogP contribution in [0.2, 0.25) is 0 Å². The lowest BCUT2D eigenvalue weighted by Crippen LogP contribution is -2.30. The van der Waals surface area contributed by atoms with Crippen molar-refractivity contribution in [1.82, 2.24) is 4.90 Å². The van der Waals surface area contributed by atoms with Crippen LogP contribution in [-0.4, -0.2) is 42.5 Å². The maximum atomic E-state index is 12.9. The van der Waals surface area contributed by atoms with Crippen molar-refractivity contribution in [2.45, 2.75) is 26.3 Å². The molecule has 1 atom stereocenters. The zero-order valence-electron chi connectivity index (χ0n) is 17.1. The Kier molecular flexibility index (Phi) is 5.92. The number of methoxy groups -OCH3 is 2. The summed E-state index contributed by atoms with van der Waals surface area (Å²) in [6.07, 6.45) is 0.696. The second-order valence-corrected chi connectivity index (χ2v) is 6.95. The Balaban J connectivity index is 2.18. The molecule has 2 aromatic carbocycles. The number of aliphatic hydroxyl groups is 1. The van der Waals surface area contributed by atoms with E-state index in [2.05, 4.69) is 0 Å². The van der Waals surface area contributed by atoms with Crippen molar-refractivity contribution in [3.8, 4) is 11.5 Å². The molecule has 1 saturated heterocycles. The van der Waals surface area contributed by atoms with E-state index in [-0.39, 0.29) is 11.3 Å². The Morgan fingerprint density at radius 1 is 1.03 bits per heavy atom. The number of nitrogens with zero attached hydrogens (tertiary/aromatic N) is 1. The molecule has 0 aliphatic carbocycles. The van der Waals surface area contributed by atoms with Gasteiger partial charge in [-0.15, -0.1) is 0 Å². The fourth-order valence-corrected chi connectivity index (χ4v) is 3.66. The number of hydrogen-bond donors (Lipinski definition) is 1. The molecule has 3 rings (SSSR count). The Morgan fingerprint density at radius 2 is 1.66 bits per heavy atom. The highest BCUT2D eigenvalue weighted by Gasteiger charge is 2.45. The molecule has 0 radical (unpaired) electrons. The lowest BCUT2D eigenvalue weighted by Gasteiger charge is -2.25. The molecule has 29 heavy (non-hydrogen) atoms. The van der Waals surface area contributed by atoms with Gasteiger partial charge in [-0.1, -0.05) is 19.1 Å². The number of rotatable bonds is 6. The lowest BCUT2D eigenvalue weighted by atomic mass is 9.94. The van der Waals surface area contributed by atoms with Gasteiger partial charge in [0.05, 0.1) is 25.8 Å². The smallest absolute Gasteiger partial charge is 0.295 e. The third-order valence-corrected chi connectivity index (χ3v) is 5.12. The molecule has 1 N–H and O–H groups in total. The summed E-state index contributed by atoms with van der Waals surface area (Å²) in [5.74, 6) is -0.125. The summed E-state index contributed by atoms with van der Waals surface area (Å²) in [6.45, 7) is 4.18. The highest BCUT2D eigenvalue weighted by Crippen LogP contribution is 2.40. The lowest BCUT2D eigenvalue weighted by molar-refractivity contribution is -0.139. The van der Waals surface area contributed by atoms with Crippen molar-refractivity contribution in [2.24, 2.45) is 0 Å². The third kappa shape index (κ3) is 3.70. The molecule has 1 unspecified atom stereocenters. The Morgan fingerprint density at radius 3 is 2.21 bits per heavy atom. The summed E-state index contributed by atoms with van der Waals surface area (Å²) in [5.41, 5.74) is 2.09. The van der Waals surface area contributed by atoms with E-state index < -0.39 is 17.7 Å². The summed E-state index contributed by atoms with van der Waals surface area (Å²) in [7, 11) is 3.14. The van der Waals surface area contributed by atoms with Crippen molar-refractivity contribution in [2.75, 3.05) is 20.8 Å². The molecule has 6 heteroatoms. The molecule has 1 aliphatic rings. The molecule has 0 aromatic heterocycles. The Labute approximate surface area is 170 Å². The molecule has 6 nitrogen and oxygen atoms in total. The van der Waals surface area contributed by atoms with Gasteiger partial charge in [-0.2, -0.15) is 0 Å². The van der Waals surface area contributed by atoms with Gasteiger partial charge >= 0.3 is 0 Å². The zero-order valence-corrected chi connectivity index (χ0v) is 17.1. The largest absolute Gasteiger partial charge is 0.507 e. The van der Waals surface area contributed by atoms with Crippen LogP contribution in [0.1, 0.15) is 36.1 Å². The number of benzene rings is 2. The van der Waals surface area contributed by atoms with Gasteiger partial charge in [0.25, 0.3) is 11.7 Å². The highest BCUT2D eigenvalue weighted by atomic mass is 16.5. The molecule has 2 aromatic rings. The second kappa shape index (κ2) is 8.39. The molecule has 152 valence electrons. The monoisotopic (exact) mass is 395 g/mol. The van der Waals surface area contributed by atoms with E-state index in [4.69, 9.17) is 9.47 Å². The number of ether oxygens (including phenoxy) is 2. The van der Waals surface area contributed by atoms with E-state index in [0.717, 1.165) is 11.1 Å². The first-order chi connectivity index (χ1) is 13.9. The van der Waals surface area contributed by atoms with Gasteiger partial charge in [0.15, 0.2) is 0 Å². The SMILES string of the molecule is CCCN1C(=O)C(=O)/C(=C(\O)c2ccc(OC)cc2C)C1c1ccc(OC)cc1. The molecule has 1 heterocycles. The van der Waals surface area contributed by atoms with Crippen molar-refractivity contribution in [3.05, 3.63) is 64.7 Å². The fraction of sp³-hybridized carbons (Fsp3) is 0.304. The maximum absolute atomic E-state index is 12.9. The summed E-state index contributed by atoms with van der Waals surface area (Å²) >= 11 is 0. The Bertz CT molecular complexity index is 962. The highest BCUT2D eigenvalue weighted by molar-refractivity contribution is 6.46. The number of ketones is 1. The number of carbonyl (C=O) groups is 2. The van der Waals surface area contributed by atoms with E-state index in [1.54, 1.807) is 44.6 Å². The van der Waals surface area contributed by atoms with E-state index >= 15 is 0 Å². The molecule has 0 spiro atoms. The minimum absolute atomic E-state index is 0.0990. The van der Waals surface area contributed by atoms with E-state index in [9.17, 15) is 14.7 Å². The number of amides is 1. The average molecular weight is 395 g/mol. The van der Waals surface area contributed by atoms with E-state index in [1.807, 2.05) is 26.0 Å². The molecule has 0 saturated carbocycles. The summed E-state index contributed by atoms with van der Waals surface area (Å²) in [6, 6.07) is 11.7. The van der Waals surface area contributed by atoms with Gasteiger partial charge in [-0.05, 0) is 54.8 Å². The van der Waals surface area contributed by atoms with Crippen molar-refractivity contribution >= 4 is 17.4 Å². The van der Waals surface area contributed by atoms with E-state index in [0.29, 0.717) is 30.0 Å². The normalized spacial score (nSPS) is 18.2. The maximum Gasteiger partial charge on any atom is 0.295 e. The molecular weight excluding hydrogens is 370 g/mol. The van der Waals surface area contributed by atoms with Crippen LogP contribution in [0.25, 0.3) is 5.76 Å². The number of aliphatic hydroxyl groups excluding tert-OH is 1. The minimum Gasteiger partial charge on any atom is -0.507 e. The van der Waals surface area contributed by atoms with Gasteiger partial charge in [0, 0.05) is 12.1 Å². The van der Waals surface area contributed by atoms with Crippen LogP contribution in [-0.2, 0) is 9.59 Å². The summed E-state index contributed by atoms with van der Waals surface area (Å²) in [4.78, 5) is 27.1. The van der Waals surface area contributed by atoms with Crippen LogP contribution >= 0.6 is 0 Å². The predicted molar refractivity (Wildman–Crippen MR) is 110 cm³/mol. The first kappa shape index (κ1) is 20.5. The molecule has 1 fully saturated rings. The Hall–Kier alpha value is -3.28. The second-order valence-electron chi connectivity index (χ2n) is 6.95. The number of Topliss-reactive ketones (excluding diaryl/α,β-unsaturated/α-hetero) is 1. The molecule has 1 aliphatic heterocycles.